The second-order valence-corrected chi connectivity index (χ2v) is 7.58. The Morgan fingerprint density at radius 1 is 1.21 bits per heavy atom. The van der Waals surface area contributed by atoms with Gasteiger partial charge in [-0.1, -0.05) is 30.9 Å². The van der Waals surface area contributed by atoms with Gasteiger partial charge in [0.05, 0.1) is 0 Å². The molecule has 1 unspecified atom stereocenters. The maximum absolute atomic E-state index is 13.3. The highest BCUT2D eigenvalue weighted by atomic mass is 35.5. The summed E-state index contributed by atoms with van der Waals surface area (Å²) in [5, 5.41) is 27.3. The zero-order chi connectivity index (χ0) is 21.6. The molecule has 1 saturated carbocycles. The zero-order valence-corrected chi connectivity index (χ0v) is 16.5. The van der Waals surface area contributed by atoms with Crippen LogP contribution in [-0.2, 0) is 16.1 Å². The molecule has 2 amide bonds. The maximum atomic E-state index is 13.3. The minimum atomic E-state index is -2.03. The number of nitrogens with one attached hydrogen (secondary N) is 1. The lowest BCUT2D eigenvalue weighted by Gasteiger charge is -2.32. The first-order valence-electron chi connectivity index (χ1n) is 9.32. The van der Waals surface area contributed by atoms with Gasteiger partial charge in [0.15, 0.2) is 0 Å². The molecule has 3 rings (SSSR count). The smallest absolute Gasteiger partial charge is 0.450 e. The van der Waals surface area contributed by atoms with Crippen LogP contribution < -0.4 is 5.32 Å². The molecular weight excluding hydrogens is 407 g/mol. The molecule has 10 heteroatoms. The summed E-state index contributed by atoms with van der Waals surface area (Å²) in [7, 11) is 0. The van der Waals surface area contributed by atoms with Crippen LogP contribution in [0.2, 0.25) is 5.02 Å². The third-order valence-electron chi connectivity index (χ3n) is 5.10. The second-order valence-electron chi connectivity index (χ2n) is 7.14. The largest absolute Gasteiger partial charge is 0.503 e. The number of rotatable bonds is 4. The molecule has 29 heavy (non-hydrogen) atoms. The van der Waals surface area contributed by atoms with E-state index >= 15 is 0 Å². The van der Waals surface area contributed by atoms with Gasteiger partial charge in [-0.2, -0.15) is 0 Å². The Labute approximate surface area is 172 Å². The number of carbonyl (C=O) groups is 3. The quantitative estimate of drug-likeness (QED) is 0.544. The highest BCUT2D eigenvalue weighted by molar-refractivity contribution is 6.30. The van der Waals surface area contributed by atoms with Crippen molar-refractivity contribution < 1.29 is 34.1 Å². The highest BCUT2D eigenvalue weighted by Crippen LogP contribution is 2.31. The van der Waals surface area contributed by atoms with Crippen LogP contribution in [0.5, 0.6) is 0 Å². The Morgan fingerprint density at radius 2 is 1.83 bits per heavy atom. The summed E-state index contributed by atoms with van der Waals surface area (Å²) in [4.78, 5) is 35.2. The Hall–Kier alpha value is -2.39. The van der Waals surface area contributed by atoms with Gasteiger partial charge in [-0.15, -0.1) is 0 Å². The molecule has 1 atom stereocenters. The monoisotopic (exact) mass is 430 g/mol. The van der Waals surface area contributed by atoms with Gasteiger partial charge in [0, 0.05) is 30.6 Å². The van der Waals surface area contributed by atoms with Gasteiger partial charge in [0.1, 0.15) is 5.82 Å². The number of nitrogens with zero attached hydrogens (tertiary/aromatic N) is 1. The molecule has 0 spiro atoms. The van der Waals surface area contributed by atoms with Gasteiger partial charge < -0.3 is 25.5 Å². The van der Waals surface area contributed by atoms with Crippen LogP contribution in [-0.4, -0.2) is 56.4 Å². The van der Waals surface area contributed by atoms with Crippen LogP contribution in [0.4, 0.5) is 9.18 Å². The van der Waals surface area contributed by atoms with Crippen LogP contribution in [0.3, 0.4) is 0 Å². The molecule has 1 aromatic carbocycles. The zero-order valence-electron chi connectivity index (χ0n) is 15.7. The van der Waals surface area contributed by atoms with E-state index in [1.54, 1.807) is 4.90 Å². The summed E-state index contributed by atoms with van der Waals surface area (Å²) < 4.78 is 13.3. The Bertz CT molecular complexity index is 747. The number of carboxylic acid groups (broad SMARTS) is 2. The predicted molar refractivity (Wildman–Crippen MR) is 102 cm³/mol. The molecule has 1 heterocycles. The molecule has 2 fully saturated rings. The fourth-order valence-corrected chi connectivity index (χ4v) is 3.97. The molecule has 0 radical (unpaired) electrons. The van der Waals surface area contributed by atoms with Crippen molar-refractivity contribution >= 4 is 29.6 Å². The van der Waals surface area contributed by atoms with Gasteiger partial charge in [0.2, 0.25) is 5.60 Å². The van der Waals surface area contributed by atoms with E-state index in [4.69, 9.17) is 26.6 Å². The van der Waals surface area contributed by atoms with Crippen LogP contribution in [0.25, 0.3) is 0 Å². The lowest BCUT2D eigenvalue weighted by Crippen LogP contribution is -2.53. The number of carbonyl (C=O) groups excluding carboxylic acids is 2. The normalized spacial score (nSPS) is 22.0. The summed E-state index contributed by atoms with van der Waals surface area (Å²) in [5.41, 5.74) is -1.56. The third-order valence-corrected chi connectivity index (χ3v) is 5.31. The molecule has 1 aliphatic carbocycles. The van der Waals surface area contributed by atoms with E-state index < -0.39 is 29.4 Å². The predicted octanol–water partition coefficient (Wildman–Crippen LogP) is 2.61. The van der Waals surface area contributed by atoms with Crippen molar-refractivity contribution in [3.63, 3.8) is 0 Å². The average Bonchev–Trinajstić information content (AvgIpc) is 2.95. The van der Waals surface area contributed by atoms with Gasteiger partial charge in [-0.05, 0) is 36.6 Å². The molecule has 160 valence electrons. The Balaban J connectivity index is 0.000000687. The van der Waals surface area contributed by atoms with Gasteiger partial charge in [-0.3, -0.25) is 9.59 Å². The van der Waals surface area contributed by atoms with E-state index in [9.17, 15) is 19.1 Å². The van der Waals surface area contributed by atoms with Crippen LogP contribution >= 0.6 is 11.6 Å². The number of aliphatic hydroxyl groups is 1. The first-order chi connectivity index (χ1) is 13.6. The summed E-state index contributed by atoms with van der Waals surface area (Å²) in [6.45, 7) is 0.383. The summed E-state index contributed by atoms with van der Waals surface area (Å²) in [6.07, 6.45) is 3.40. The number of benzene rings is 1. The van der Waals surface area contributed by atoms with E-state index in [-0.39, 0.29) is 24.0 Å². The molecule has 0 aromatic heterocycles. The maximum Gasteiger partial charge on any atom is 0.503 e. The lowest BCUT2D eigenvalue weighted by atomic mass is 9.94. The van der Waals surface area contributed by atoms with E-state index in [2.05, 4.69) is 5.32 Å². The summed E-state index contributed by atoms with van der Waals surface area (Å²) in [6, 6.07) is 4.06. The van der Waals surface area contributed by atoms with Crippen LogP contribution in [0.15, 0.2) is 18.2 Å². The van der Waals surface area contributed by atoms with E-state index in [1.807, 2.05) is 0 Å². The SMILES string of the molecule is O=C(NCc1cc(F)cc(Cl)c1)C1(O)CCN(C2CCCCC2)C1=O.O=C(O)O. The van der Waals surface area contributed by atoms with Gasteiger partial charge in [0.25, 0.3) is 11.8 Å². The van der Waals surface area contributed by atoms with Crippen molar-refractivity contribution in [2.24, 2.45) is 0 Å². The van der Waals surface area contributed by atoms with E-state index in [0.717, 1.165) is 25.7 Å². The van der Waals surface area contributed by atoms with E-state index in [0.29, 0.717) is 12.1 Å². The summed E-state index contributed by atoms with van der Waals surface area (Å²) in [5.74, 6) is -1.76. The molecule has 2 aliphatic rings. The van der Waals surface area contributed by atoms with Crippen molar-refractivity contribution in [1.29, 1.82) is 0 Å². The fraction of sp³-hybridized carbons (Fsp3) is 0.526. The standard InChI is InChI=1S/C18H22ClFN2O3.CH2O3/c19-13-8-12(9-14(20)10-13)11-21-16(23)18(25)6-7-22(17(18)24)15-4-2-1-3-5-15;2-1(3)4/h8-10,15,25H,1-7,11H2,(H,21,23);(H2,2,3,4). The highest BCUT2D eigenvalue weighted by Gasteiger charge is 2.52. The van der Waals surface area contributed by atoms with Gasteiger partial charge >= 0.3 is 6.16 Å². The topological polar surface area (TPSA) is 127 Å². The van der Waals surface area contributed by atoms with E-state index in [1.165, 1.54) is 24.6 Å². The Kier molecular flexibility index (Phi) is 7.80. The average molecular weight is 431 g/mol. The first kappa shape index (κ1) is 22.9. The number of hydrogen-bond donors (Lipinski definition) is 4. The minimum Gasteiger partial charge on any atom is -0.450 e. The molecule has 8 nitrogen and oxygen atoms in total. The molecule has 1 aliphatic heterocycles. The van der Waals surface area contributed by atoms with Crippen LogP contribution in [0, 0.1) is 5.82 Å². The molecular formula is C19H24ClFN2O6. The van der Waals surface area contributed by atoms with Crippen molar-refractivity contribution in [2.75, 3.05) is 6.54 Å². The molecule has 1 saturated heterocycles. The van der Waals surface area contributed by atoms with Crippen molar-refractivity contribution in [3.05, 3.63) is 34.6 Å². The lowest BCUT2D eigenvalue weighted by molar-refractivity contribution is -0.155. The van der Waals surface area contributed by atoms with Crippen molar-refractivity contribution in [2.45, 2.75) is 56.7 Å². The number of hydrogen-bond acceptors (Lipinski definition) is 4. The second kappa shape index (κ2) is 9.89. The number of likely N-dealkylation sites (tertiary alicyclic amines) is 1. The minimum absolute atomic E-state index is 0.00463. The molecule has 4 N–H and O–H groups in total. The molecule has 1 aromatic rings. The third kappa shape index (κ3) is 6.04. The number of amides is 2. The van der Waals surface area contributed by atoms with Crippen LogP contribution in [0.1, 0.15) is 44.1 Å². The number of halogens is 2. The van der Waals surface area contributed by atoms with Crippen molar-refractivity contribution in [3.8, 4) is 0 Å². The van der Waals surface area contributed by atoms with Crippen molar-refractivity contribution in [1.82, 2.24) is 10.2 Å². The first-order valence-corrected chi connectivity index (χ1v) is 9.70. The fourth-order valence-electron chi connectivity index (χ4n) is 3.72. The Morgan fingerprint density at radius 3 is 2.41 bits per heavy atom. The van der Waals surface area contributed by atoms with Gasteiger partial charge in [-0.25, -0.2) is 9.18 Å². The summed E-state index contributed by atoms with van der Waals surface area (Å²) >= 11 is 5.79. The molecule has 0 bridgehead atoms.